The topological polar surface area (TPSA) is 95.6 Å². The molecule has 1 saturated heterocycles. The maximum atomic E-state index is 12.2. The summed E-state index contributed by atoms with van der Waals surface area (Å²) >= 11 is 0. The lowest BCUT2D eigenvalue weighted by atomic mass is 9.86. The molecule has 41 heavy (non-hydrogen) atoms. The van der Waals surface area contributed by atoms with E-state index in [1.165, 1.54) is 12.7 Å². The maximum Gasteiger partial charge on any atom is 0.305 e. The van der Waals surface area contributed by atoms with E-state index < -0.39 is 0 Å². The largest absolute Gasteiger partial charge is 0.511 e. The Balaban J connectivity index is 1.60. The van der Waals surface area contributed by atoms with E-state index in [-0.39, 0.29) is 17.8 Å². The van der Waals surface area contributed by atoms with Crippen LogP contribution in [0.4, 0.5) is 0 Å². The van der Waals surface area contributed by atoms with Gasteiger partial charge in [-0.25, -0.2) is 15.0 Å². The first-order valence-electron chi connectivity index (χ1n) is 14.3. The number of aliphatic imine (C=N–C) groups is 3. The zero-order chi connectivity index (χ0) is 29.2. The van der Waals surface area contributed by atoms with E-state index in [1.54, 1.807) is 0 Å². The Hall–Kier alpha value is -4.26. The van der Waals surface area contributed by atoms with Gasteiger partial charge in [-0.1, -0.05) is 26.5 Å². The van der Waals surface area contributed by atoms with Crippen molar-refractivity contribution in [3.05, 3.63) is 104 Å². The van der Waals surface area contributed by atoms with Gasteiger partial charge < -0.3 is 15.2 Å². The highest BCUT2D eigenvalue weighted by Crippen LogP contribution is 2.46. The number of esters is 1. The standard InChI is InChI=1S/C34H36N4O3/c1-8-20-16(3)24-13-26-18(5)22(10-11-31(40)41-7)33(37-26)23-12-30(39)32-19(6)27(38-34(23)32)15-29-21(9-2)17(4)25(36-29)14-28(20)35-24/h8,13-15,18,22,37,39H,1,9-12H2,2-7H3/t18-,22?/m0/s1. The molecule has 0 aromatic rings. The molecule has 0 aromatic heterocycles. The third-order valence-electron chi connectivity index (χ3n) is 9.19. The first-order valence-corrected chi connectivity index (χ1v) is 14.3. The third kappa shape index (κ3) is 4.17. The van der Waals surface area contributed by atoms with Crippen LogP contribution in [0.5, 0.6) is 0 Å². The van der Waals surface area contributed by atoms with E-state index >= 15 is 0 Å². The highest BCUT2D eigenvalue weighted by atomic mass is 16.5. The van der Waals surface area contributed by atoms with Crippen LogP contribution >= 0.6 is 0 Å². The van der Waals surface area contributed by atoms with Gasteiger partial charge >= 0.3 is 5.97 Å². The predicted molar refractivity (Wildman–Crippen MR) is 163 cm³/mol. The number of aliphatic hydroxyl groups is 1. The van der Waals surface area contributed by atoms with Crippen molar-refractivity contribution in [1.29, 1.82) is 0 Å². The van der Waals surface area contributed by atoms with Crippen LogP contribution in [0.2, 0.25) is 0 Å². The molecule has 8 bridgehead atoms. The van der Waals surface area contributed by atoms with Crippen LogP contribution in [0.3, 0.4) is 0 Å². The first kappa shape index (κ1) is 26.9. The second kappa shape index (κ2) is 9.98. The van der Waals surface area contributed by atoms with Gasteiger partial charge in [0, 0.05) is 52.8 Å². The minimum atomic E-state index is -0.231. The number of hydrogen-bond acceptors (Lipinski definition) is 7. The van der Waals surface area contributed by atoms with Crippen LogP contribution in [0.1, 0.15) is 60.3 Å². The lowest BCUT2D eigenvalue weighted by molar-refractivity contribution is -0.140. The highest BCUT2D eigenvalue weighted by Gasteiger charge is 2.41. The van der Waals surface area contributed by atoms with Crippen molar-refractivity contribution in [2.24, 2.45) is 26.8 Å². The first-order chi connectivity index (χ1) is 19.7. The molecule has 1 unspecified atom stereocenters. The fourth-order valence-corrected chi connectivity index (χ4v) is 6.76. The SMILES string of the molecule is C=CC1=C(C)C2=NC1=CC1=NC(=CC3=C(C)C4=C(O)CC(=C5NC(=C2)[C@@H](C)C5CCC(=O)OC)C4=N3)C(CC)=C1C. The van der Waals surface area contributed by atoms with Gasteiger partial charge in [0.25, 0.3) is 0 Å². The molecule has 1 aliphatic carbocycles. The van der Waals surface area contributed by atoms with Gasteiger partial charge in [-0.05, 0) is 74.1 Å². The summed E-state index contributed by atoms with van der Waals surface area (Å²) < 4.78 is 4.97. The number of carbonyl (C=O) groups is 1. The minimum absolute atomic E-state index is 0.0302. The average Bonchev–Trinajstić information content (AvgIpc) is 3.70. The molecule has 7 nitrogen and oxygen atoms in total. The fourth-order valence-electron chi connectivity index (χ4n) is 6.76. The summed E-state index contributed by atoms with van der Waals surface area (Å²) in [6.45, 7) is 14.6. The Morgan fingerprint density at radius 2 is 1.83 bits per heavy atom. The second-order valence-corrected chi connectivity index (χ2v) is 11.3. The molecule has 5 aliphatic heterocycles. The molecule has 0 radical (unpaired) electrons. The van der Waals surface area contributed by atoms with Gasteiger partial charge in [0.15, 0.2) is 0 Å². The number of methoxy groups -OCH3 is 1. The van der Waals surface area contributed by atoms with Crippen LogP contribution in [0.15, 0.2) is 119 Å². The molecule has 0 amide bonds. The number of ether oxygens (including phenoxy) is 1. The van der Waals surface area contributed by atoms with Crippen LogP contribution in [0.25, 0.3) is 0 Å². The van der Waals surface area contributed by atoms with Crippen molar-refractivity contribution in [3.8, 4) is 0 Å². The van der Waals surface area contributed by atoms with E-state index in [4.69, 9.17) is 19.7 Å². The van der Waals surface area contributed by atoms with E-state index in [0.717, 1.165) is 85.5 Å². The molecule has 210 valence electrons. The highest BCUT2D eigenvalue weighted by molar-refractivity contribution is 6.21. The van der Waals surface area contributed by atoms with Crippen molar-refractivity contribution >= 4 is 23.1 Å². The van der Waals surface area contributed by atoms with Crippen molar-refractivity contribution in [2.75, 3.05) is 7.11 Å². The summed E-state index contributed by atoms with van der Waals surface area (Å²) in [6, 6.07) is 0. The van der Waals surface area contributed by atoms with Crippen molar-refractivity contribution in [2.45, 2.75) is 60.3 Å². The molecular weight excluding hydrogens is 512 g/mol. The number of allylic oxidation sites excluding steroid dienone is 12. The van der Waals surface area contributed by atoms with Gasteiger partial charge in [0.05, 0.1) is 41.3 Å². The van der Waals surface area contributed by atoms with E-state index in [2.05, 4.69) is 51.7 Å². The van der Waals surface area contributed by atoms with Crippen LogP contribution in [-0.2, 0) is 9.53 Å². The van der Waals surface area contributed by atoms with Gasteiger partial charge in [-0.3, -0.25) is 4.79 Å². The van der Waals surface area contributed by atoms with Crippen LogP contribution in [-0.4, -0.2) is 35.3 Å². The summed E-state index contributed by atoms with van der Waals surface area (Å²) in [5.41, 5.74) is 14.3. The zero-order valence-corrected chi connectivity index (χ0v) is 24.6. The molecule has 6 aliphatic rings. The Kier molecular flexibility index (Phi) is 6.56. The molecule has 5 heterocycles. The monoisotopic (exact) mass is 548 g/mol. The molecule has 1 fully saturated rings. The second-order valence-electron chi connectivity index (χ2n) is 11.3. The zero-order valence-electron chi connectivity index (χ0n) is 24.6. The third-order valence-corrected chi connectivity index (χ3v) is 9.19. The summed E-state index contributed by atoms with van der Waals surface area (Å²) in [6.07, 6.45) is 10.3. The van der Waals surface area contributed by atoms with Crippen LogP contribution in [0, 0.1) is 11.8 Å². The molecule has 2 N–H and O–H groups in total. The number of fused-ring (bicyclic) bond motifs is 5. The van der Waals surface area contributed by atoms with E-state index in [1.807, 2.05) is 19.1 Å². The predicted octanol–water partition coefficient (Wildman–Crippen LogP) is 6.80. The number of carbonyl (C=O) groups excluding carboxylic acids is 1. The van der Waals surface area contributed by atoms with Gasteiger partial charge in [0.2, 0.25) is 0 Å². The number of nitrogens with one attached hydrogen (secondary N) is 1. The Morgan fingerprint density at radius 3 is 2.54 bits per heavy atom. The molecule has 7 heteroatoms. The number of rotatable bonds is 5. The molecule has 6 rings (SSSR count). The summed E-state index contributed by atoms with van der Waals surface area (Å²) in [5.74, 6) is 0.223. The van der Waals surface area contributed by atoms with Gasteiger partial charge in [0.1, 0.15) is 5.76 Å². The van der Waals surface area contributed by atoms with Crippen molar-refractivity contribution < 1.29 is 14.6 Å². The lowest BCUT2D eigenvalue weighted by Gasteiger charge is -2.17. The normalized spacial score (nSPS) is 24.9. The van der Waals surface area contributed by atoms with Crippen molar-refractivity contribution in [1.82, 2.24) is 5.32 Å². The summed E-state index contributed by atoms with van der Waals surface area (Å²) in [5, 5.41) is 14.9. The quantitative estimate of drug-likeness (QED) is 0.370. The van der Waals surface area contributed by atoms with Gasteiger partial charge in [-0.15, -0.1) is 0 Å². The van der Waals surface area contributed by atoms with Crippen LogP contribution < -0.4 is 5.32 Å². The van der Waals surface area contributed by atoms with E-state index in [0.29, 0.717) is 25.0 Å². The Bertz CT molecular complexity index is 1680. The Labute approximate surface area is 241 Å². The smallest absolute Gasteiger partial charge is 0.305 e. The molecule has 0 spiro atoms. The molecule has 0 saturated carbocycles. The summed E-state index contributed by atoms with van der Waals surface area (Å²) in [7, 11) is 1.42. The average molecular weight is 549 g/mol. The summed E-state index contributed by atoms with van der Waals surface area (Å²) in [4.78, 5) is 27.4. The number of hydrogen-bond donors (Lipinski definition) is 2. The molecule has 0 aromatic carbocycles. The lowest BCUT2D eigenvalue weighted by Crippen LogP contribution is -2.16. The van der Waals surface area contributed by atoms with E-state index in [9.17, 15) is 9.90 Å². The van der Waals surface area contributed by atoms with Crippen molar-refractivity contribution in [3.63, 3.8) is 0 Å². The molecular formula is C34H36N4O3. The Morgan fingerprint density at radius 1 is 1.10 bits per heavy atom. The minimum Gasteiger partial charge on any atom is -0.511 e. The molecule has 2 atom stereocenters. The number of nitrogens with zero attached hydrogens (tertiary/aromatic N) is 3. The number of aliphatic hydroxyl groups excluding tert-OH is 1. The maximum absolute atomic E-state index is 12.2. The van der Waals surface area contributed by atoms with Gasteiger partial charge in [-0.2, -0.15) is 0 Å². The fraction of sp³-hybridized carbons (Fsp3) is 0.353.